The molecule has 0 N–H and O–H groups in total. The Morgan fingerprint density at radius 1 is 0.909 bits per heavy atom. The standard InChI is InChI=1S/C20H14N2/c1-13-12-22-18-9-5-4-8-17(18)21-20(22)16-11-10-14-6-2-3-7-15(14)19(13)16/h2-11H,1,12H2. The van der Waals surface area contributed by atoms with Gasteiger partial charge in [0, 0.05) is 12.1 Å². The summed E-state index contributed by atoms with van der Waals surface area (Å²) in [7, 11) is 0. The lowest BCUT2D eigenvalue weighted by Gasteiger charge is -2.22. The second kappa shape index (κ2) is 4.08. The van der Waals surface area contributed by atoms with Gasteiger partial charge in [0.15, 0.2) is 0 Å². The fourth-order valence-corrected chi connectivity index (χ4v) is 3.55. The molecule has 2 heteroatoms. The van der Waals surface area contributed by atoms with Gasteiger partial charge in [0.25, 0.3) is 0 Å². The molecular formula is C20H14N2. The first-order chi connectivity index (χ1) is 10.8. The molecule has 0 saturated heterocycles. The van der Waals surface area contributed by atoms with Crippen molar-refractivity contribution in [2.45, 2.75) is 6.54 Å². The number of imidazole rings is 1. The topological polar surface area (TPSA) is 17.8 Å². The molecule has 0 aliphatic carbocycles. The summed E-state index contributed by atoms with van der Waals surface area (Å²) in [5.41, 5.74) is 5.82. The highest BCUT2D eigenvalue weighted by atomic mass is 15.1. The first-order valence-electron chi connectivity index (χ1n) is 7.48. The molecule has 0 bridgehead atoms. The Morgan fingerprint density at radius 3 is 2.68 bits per heavy atom. The van der Waals surface area contributed by atoms with Crippen molar-refractivity contribution in [2.75, 3.05) is 0 Å². The molecule has 2 nitrogen and oxygen atoms in total. The fraction of sp³-hybridized carbons (Fsp3) is 0.0500. The number of para-hydroxylation sites is 2. The third kappa shape index (κ3) is 1.41. The Morgan fingerprint density at radius 2 is 1.73 bits per heavy atom. The number of fused-ring (bicyclic) bond motifs is 7. The maximum Gasteiger partial charge on any atom is 0.142 e. The lowest BCUT2D eigenvalue weighted by molar-refractivity contribution is 0.862. The van der Waals surface area contributed by atoms with Crippen LogP contribution in [0.2, 0.25) is 0 Å². The summed E-state index contributed by atoms with van der Waals surface area (Å²) in [6, 6.07) is 21.2. The van der Waals surface area contributed by atoms with E-state index in [0.29, 0.717) is 0 Å². The van der Waals surface area contributed by atoms with Crippen molar-refractivity contribution in [2.24, 2.45) is 0 Å². The van der Waals surface area contributed by atoms with Crippen LogP contribution < -0.4 is 0 Å². The SMILES string of the molecule is C=C1Cn2c(nc3ccccc32)-c2ccc3ccccc3c21. The highest BCUT2D eigenvalue weighted by Gasteiger charge is 2.23. The molecule has 0 fully saturated rings. The molecule has 3 aromatic carbocycles. The van der Waals surface area contributed by atoms with E-state index in [4.69, 9.17) is 4.98 Å². The summed E-state index contributed by atoms with van der Waals surface area (Å²) in [4.78, 5) is 4.86. The molecular weight excluding hydrogens is 268 g/mol. The average molecular weight is 282 g/mol. The lowest BCUT2D eigenvalue weighted by Crippen LogP contribution is -2.10. The van der Waals surface area contributed by atoms with E-state index in [1.165, 1.54) is 27.4 Å². The molecule has 1 aromatic heterocycles. The van der Waals surface area contributed by atoms with Crippen LogP contribution >= 0.6 is 0 Å². The summed E-state index contributed by atoms with van der Waals surface area (Å²) >= 11 is 0. The van der Waals surface area contributed by atoms with Crippen LogP contribution in [-0.4, -0.2) is 9.55 Å². The largest absolute Gasteiger partial charge is 0.319 e. The summed E-state index contributed by atoms with van der Waals surface area (Å²) in [6.07, 6.45) is 0. The molecule has 1 aliphatic rings. The van der Waals surface area contributed by atoms with Gasteiger partial charge >= 0.3 is 0 Å². The fourth-order valence-electron chi connectivity index (χ4n) is 3.55. The molecule has 4 aromatic rings. The van der Waals surface area contributed by atoms with Crippen molar-refractivity contribution in [3.05, 3.63) is 72.8 Å². The van der Waals surface area contributed by atoms with Crippen LogP contribution in [0.1, 0.15) is 5.56 Å². The van der Waals surface area contributed by atoms with Gasteiger partial charge in [-0.05, 0) is 34.0 Å². The van der Waals surface area contributed by atoms with E-state index in [9.17, 15) is 0 Å². The van der Waals surface area contributed by atoms with Gasteiger partial charge in [-0.25, -0.2) is 4.98 Å². The molecule has 0 atom stereocenters. The highest BCUT2D eigenvalue weighted by molar-refractivity contribution is 6.01. The minimum absolute atomic E-state index is 0.802. The smallest absolute Gasteiger partial charge is 0.142 e. The summed E-state index contributed by atoms with van der Waals surface area (Å²) in [5, 5.41) is 2.52. The number of allylic oxidation sites excluding steroid dienone is 1. The number of hydrogen-bond acceptors (Lipinski definition) is 1. The predicted octanol–water partition coefficient (Wildman–Crippen LogP) is 4.88. The molecule has 22 heavy (non-hydrogen) atoms. The maximum atomic E-state index is 4.86. The number of rotatable bonds is 0. The van der Waals surface area contributed by atoms with Crippen molar-refractivity contribution in [3.8, 4) is 11.4 Å². The zero-order valence-corrected chi connectivity index (χ0v) is 12.1. The van der Waals surface area contributed by atoms with E-state index in [2.05, 4.69) is 65.7 Å². The van der Waals surface area contributed by atoms with Crippen LogP contribution in [0.15, 0.2) is 67.2 Å². The maximum absolute atomic E-state index is 4.86. The van der Waals surface area contributed by atoms with Gasteiger partial charge in [-0.15, -0.1) is 0 Å². The van der Waals surface area contributed by atoms with E-state index in [1.54, 1.807) is 0 Å². The third-order valence-corrected chi connectivity index (χ3v) is 4.53. The second-order valence-electron chi connectivity index (χ2n) is 5.82. The average Bonchev–Trinajstić information content (AvgIpc) is 2.93. The van der Waals surface area contributed by atoms with Crippen LogP contribution in [-0.2, 0) is 6.54 Å². The highest BCUT2D eigenvalue weighted by Crippen LogP contribution is 2.40. The normalized spacial score (nSPS) is 13.4. The number of nitrogens with zero attached hydrogens (tertiary/aromatic N) is 2. The Hall–Kier alpha value is -2.87. The molecule has 104 valence electrons. The monoisotopic (exact) mass is 282 g/mol. The predicted molar refractivity (Wildman–Crippen MR) is 91.7 cm³/mol. The van der Waals surface area contributed by atoms with Gasteiger partial charge in [0.2, 0.25) is 0 Å². The van der Waals surface area contributed by atoms with E-state index >= 15 is 0 Å². The third-order valence-electron chi connectivity index (χ3n) is 4.53. The number of hydrogen-bond donors (Lipinski definition) is 0. The number of benzene rings is 3. The molecule has 0 spiro atoms. The molecule has 0 saturated carbocycles. The summed E-state index contributed by atoms with van der Waals surface area (Å²) < 4.78 is 2.27. The minimum atomic E-state index is 0.802. The summed E-state index contributed by atoms with van der Waals surface area (Å²) in [5.74, 6) is 1.05. The zero-order chi connectivity index (χ0) is 14.7. The van der Waals surface area contributed by atoms with Crippen LogP contribution in [0.25, 0.3) is 38.8 Å². The van der Waals surface area contributed by atoms with E-state index in [1.807, 2.05) is 6.07 Å². The Labute approximate surface area is 128 Å². The number of aromatic nitrogens is 2. The second-order valence-corrected chi connectivity index (χ2v) is 5.82. The van der Waals surface area contributed by atoms with Crippen molar-refractivity contribution in [3.63, 3.8) is 0 Å². The van der Waals surface area contributed by atoms with Crippen LogP contribution in [0, 0.1) is 0 Å². The molecule has 0 amide bonds. The first kappa shape index (κ1) is 11.8. The molecule has 5 rings (SSSR count). The Balaban J connectivity index is 1.94. The Bertz CT molecular complexity index is 1070. The van der Waals surface area contributed by atoms with Crippen LogP contribution in [0.3, 0.4) is 0 Å². The van der Waals surface area contributed by atoms with Crippen molar-refractivity contribution in [1.82, 2.24) is 9.55 Å². The lowest BCUT2D eigenvalue weighted by atomic mass is 9.91. The van der Waals surface area contributed by atoms with Gasteiger partial charge in [0.05, 0.1) is 11.0 Å². The molecule has 0 unspecified atom stereocenters. The van der Waals surface area contributed by atoms with Crippen molar-refractivity contribution in [1.29, 1.82) is 0 Å². The van der Waals surface area contributed by atoms with E-state index < -0.39 is 0 Å². The zero-order valence-electron chi connectivity index (χ0n) is 12.1. The van der Waals surface area contributed by atoms with E-state index in [-0.39, 0.29) is 0 Å². The Kier molecular flexibility index (Phi) is 2.18. The molecule has 1 aliphatic heterocycles. The van der Waals surface area contributed by atoms with Crippen molar-refractivity contribution < 1.29 is 0 Å². The van der Waals surface area contributed by atoms with Gasteiger partial charge in [-0.3, -0.25) is 0 Å². The van der Waals surface area contributed by atoms with Crippen molar-refractivity contribution >= 4 is 27.4 Å². The van der Waals surface area contributed by atoms with Gasteiger partial charge < -0.3 is 4.57 Å². The summed E-state index contributed by atoms with van der Waals surface area (Å²) in [6.45, 7) is 5.14. The van der Waals surface area contributed by atoms with Gasteiger partial charge in [-0.1, -0.05) is 55.1 Å². The quantitative estimate of drug-likeness (QED) is 0.449. The van der Waals surface area contributed by atoms with Gasteiger partial charge in [0.1, 0.15) is 5.82 Å². The molecule has 0 radical (unpaired) electrons. The van der Waals surface area contributed by atoms with Crippen LogP contribution in [0.4, 0.5) is 0 Å². The van der Waals surface area contributed by atoms with Crippen LogP contribution in [0.5, 0.6) is 0 Å². The minimum Gasteiger partial charge on any atom is -0.319 e. The molecule has 2 heterocycles. The first-order valence-corrected chi connectivity index (χ1v) is 7.48. The van der Waals surface area contributed by atoms with E-state index in [0.717, 1.165) is 23.5 Å². The van der Waals surface area contributed by atoms with Gasteiger partial charge in [-0.2, -0.15) is 0 Å².